The van der Waals surface area contributed by atoms with E-state index in [2.05, 4.69) is 5.10 Å². The van der Waals surface area contributed by atoms with E-state index in [1.165, 1.54) is 17.1 Å². The summed E-state index contributed by atoms with van der Waals surface area (Å²) in [5.74, 6) is -1.05. The van der Waals surface area contributed by atoms with Crippen molar-refractivity contribution >= 4 is 0 Å². The minimum atomic E-state index is -4.66. The number of hydrogen-bond donors (Lipinski definition) is 1. The molecule has 0 aliphatic rings. The molecule has 0 saturated carbocycles. The van der Waals surface area contributed by atoms with Gasteiger partial charge in [-0.1, -0.05) is 0 Å². The highest BCUT2D eigenvalue weighted by Crippen LogP contribution is 2.32. The molecular weight excluding hydrogens is 264 g/mol. The molecule has 7 heteroatoms. The molecule has 102 valence electrons. The van der Waals surface area contributed by atoms with Crippen LogP contribution in [0.25, 0.3) is 0 Å². The van der Waals surface area contributed by atoms with Gasteiger partial charge >= 0.3 is 6.18 Å². The van der Waals surface area contributed by atoms with Crippen molar-refractivity contribution in [2.75, 3.05) is 0 Å². The number of aliphatic hydroxyl groups is 1. The third kappa shape index (κ3) is 2.93. The van der Waals surface area contributed by atoms with Crippen LogP contribution in [-0.2, 0) is 13.2 Å². The van der Waals surface area contributed by atoms with E-state index in [-0.39, 0.29) is 5.56 Å². The predicted octanol–water partition coefficient (Wildman–Crippen LogP) is 2.66. The molecule has 0 bridgehead atoms. The molecule has 1 atom stereocenters. The molecule has 1 N–H and O–H groups in total. The van der Waals surface area contributed by atoms with Gasteiger partial charge in [0.25, 0.3) is 0 Å². The third-order valence-corrected chi connectivity index (χ3v) is 2.60. The third-order valence-electron chi connectivity index (χ3n) is 2.60. The van der Waals surface area contributed by atoms with Crippen molar-refractivity contribution in [2.45, 2.75) is 12.3 Å². The van der Waals surface area contributed by atoms with E-state index >= 15 is 0 Å². The molecule has 0 radical (unpaired) electrons. The SMILES string of the molecule is Cn1cc(C(O)c2cc(F)cc(C(F)(F)F)c2)cn1. The lowest BCUT2D eigenvalue weighted by Crippen LogP contribution is -2.08. The van der Waals surface area contributed by atoms with Gasteiger partial charge in [0.2, 0.25) is 0 Å². The number of hydrogen-bond acceptors (Lipinski definition) is 2. The van der Waals surface area contributed by atoms with Gasteiger partial charge < -0.3 is 5.11 Å². The first-order chi connectivity index (χ1) is 8.77. The summed E-state index contributed by atoms with van der Waals surface area (Å²) in [7, 11) is 1.60. The minimum Gasteiger partial charge on any atom is -0.384 e. The van der Waals surface area contributed by atoms with Crippen molar-refractivity contribution in [2.24, 2.45) is 7.05 Å². The molecule has 2 rings (SSSR count). The highest BCUT2D eigenvalue weighted by molar-refractivity contribution is 5.32. The van der Waals surface area contributed by atoms with Gasteiger partial charge in [-0.3, -0.25) is 4.68 Å². The molecule has 0 saturated heterocycles. The second-order valence-electron chi connectivity index (χ2n) is 4.12. The fourth-order valence-corrected chi connectivity index (χ4v) is 1.71. The van der Waals surface area contributed by atoms with E-state index < -0.39 is 23.7 Å². The zero-order chi connectivity index (χ0) is 14.2. The van der Waals surface area contributed by atoms with Gasteiger partial charge in [-0.25, -0.2) is 4.39 Å². The van der Waals surface area contributed by atoms with Crippen LogP contribution in [-0.4, -0.2) is 14.9 Å². The molecular formula is C12H10F4N2O. The zero-order valence-electron chi connectivity index (χ0n) is 9.82. The van der Waals surface area contributed by atoms with Crippen LogP contribution >= 0.6 is 0 Å². The lowest BCUT2D eigenvalue weighted by atomic mass is 10.0. The van der Waals surface area contributed by atoms with Crippen LogP contribution in [0.2, 0.25) is 0 Å². The summed E-state index contributed by atoms with van der Waals surface area (Å²) in [6.07, 6.45) is -3.26. The largest absolute Gasteiger partial charge is 0.416 e. The van der Waals surface area contributed by atoms with Gasteiger partial charge in [-0.2, -0.15) is 18.3 Å². The Hall–Kier alpha value is -1.89. The molecule has 1 heterocycles. The highest BCUT2D eigenvalue weighted by Gasteiger charge is 2.32. The lowest BCUT2D eigenvalue weighted by molar-refractivity contribution is -0.137. The fourth-order valence-electron chi connectivity index (χ4n) is 1.71. The summed E-state index contributed by atoms with van der Waals surface area (Å²) in [6, 6.07) is 1.98. The molecule has 1 unspecified atom stereocenters. The van der Waals surface area contributed by atoms with Gasteiger partial charge in [0, 0.05) is 18.8 Å². The summed E-state index contributed by atoms with van der Waals surface area (Å²) in [5, 5.41) is 13.7. The molecule has 0 aliphatic heterocycles. The van der Waals surface area contributed by atoms with Crippen LogP contribution in [0, 0.1) is 5.82 Å². The van der Waals surface area contributed by atoms with Crippen LogP contribution in [0.3, 0.4) is 0 Å². The Bertz CT molecular complexity index is 592. The average molecular weight is 274 g/mol. The first-order valence-electron chi connectivity index (χ1n) is 5.31. The van der Waals surface area contributed by atoms with E-state index in [1.54, 1.807) is 7.05 Å². The Morgan fingerprint density at radius 2 is 1.89 bits per heavy atom. The molecule has 19 heavy (non-hydrogen) atoms. The first kappa shape index (κ1) is 13.5. The van der Waals surface area contributed by atoms with E-state index in [1.807, 2.05) is 0 Å². The number of nitrogens with zero attached hydrogens (tertiary/aromatic N) is 2. The number of halogens is 4. The zero-order valence-corrected chi connectivity index (χ0v) is 9.82. The van der Waals surface area contributed by atoms with Crippen molar-refractivity contribution < 1.29 is 22.7 Å². The molecule has 2 aromatic rings. The topological polar surface area (TPSA) is 38.0 Å². The van der Waals surface area contributed by atoms with Gasteiger partial charge in [0.05, 0.1) is 11.8 Å². The molecule has 1 aromatic heterocycles. The van der Waals surface area contributed by atoms with Crippen LogP contribution in [0.1, 0.15) is 22.8 Å². The van der Waals surface area contributed by atoms with Gasteiger partial charge in [-0.05, 0) is 23.8 Å². The van der Waals surface area contributed by atoms with Gasteiger partial charge in [0.15, 0.2) is 0 Å². The van der Waals surface area contributed by atoms with Crippen LogP contribution in [0.5, 0.6) is 0 Å². The van der Waals surface area contributed by atoms with Gasteiger partial charge in [-0.15, -0.1) is 0 Å². The Balaban J connectivity index is 2.42. The monoisotopic (exact) mass is 274 g/mol. The van der Waals surface area contributed by atoms with E-state index in [0.29, 0.717) is 11.6 Å². The molecule has 0 aliphatic carbocycles. The van der Waals surface area contributed by atoms with Crippen molar-refractivity contribution in [3.05, 3.63) is 53.1 Å². The quantitative estimate of drug-likeness (QED) is 0.855. The average Bonchev–Trinajstić information content (AvgIpc) is 2.73. The lowest BCUT2D eigenvalue weighted by Gasteiger charge is -2.13. The summed E-state index contributed by atoms with van der Waals surface area (Å²) >= 11 is 0. The second kappa shape index (κ2) is 4.65. The minimum absolute atomic E-state index is 0.166. The molecule has 3 nitrogen and oxygen atoms in total. The molecule has 0 spiro atoms. The maximum Gasteiger partial charge on any atom is 0.416 e. The summed E-state index contributed by atoms with van der Waals surface area (Å²) < 4.78 is 52.3. The molecule has 0 amide bonds. The highest BCUT2D eigenvalue weighted by atomic mass is 19.4. The first-order valence-corrected chi connectivity index (χ1v) is 5.31. The summed E-state index contributed by atoms with van der Waals surface area (Å²) in [6.45, 7) is 0. The van der Waals surface area contributed by atoms with Gasteiger partial charge in [0.1, 0.15) is 11.9 Å². The standard InChI is InChI=1S/C12H10F4N2O/c1-18-6-8(5-17-18)11(19)7-2-9(12(14,15)16)4-10(13)3-7/h2-6,11,19H,1H3. The van der Waals surface area contributed by atoms with Crippen molar-refractivity contribution in [1.82, 2.24) is 9.78 Å². The summed E-state index contributed by atoms with van der Waals surface area (Å²) in [4.78, 5) is 0. The van der Waals surface area contributed by atoms with Crippen LogP contribution < -0.4 is 0 Å². The molecule has 0 fully saturated rings. The number of aliphatic hydroxyl groups excluding tert-OH is 1. The predicted molar refractivity (Wildman–Crippen MR) is 58.7 cm³/mol. The second-order valence-corrected chi connectivity index (χ2v) is 4.12. The van der Waals surface area contributed by atoms with Crippen molar-refractivity contribution in [1.29, 1.82) is 0 Å². The normalized spacial score (nSPS) is 13.6. The van der Waals surface area contributed by atoms with Crippen molar-refractivity contribution in [3.8, 4) is 0 Å². The Labute approximate surface area is 106 Å². The Morgan fingerprint density at radius 3 is 2.42 bits per heavy atom. The van der Waals surface area contributed by atoms with E-state index in [0.717, 1.165) is 12.1 Å². The number of rotatable bonds is 2. The van der Waals surface area contributed by atoms with Crippen molar-refractivity contribution in [3.63, 3.8) is 0 Å². The Kier molecular flexibility index (Phi) is 3.32. The smallest absolute Gasteiger partial charge is 0.384 e. The van der Waals surface area contributed by atoms with E-state index in [4.69, 9.17) is 0 Å². The fraction of sp³-hybridized carbons (Fsp3) is 0.250. The number of benzene rings is 1. The number of aryl methyl sites for hydroxylation is 1. The number of aromatic nitrogens is 2. The molecule has 1 aromatic carbocycles. The maximum absolute atomic E-state index is 13.2. The Morgan fingerprint density at radius 1 is 1.21 bits per heavy atom. The summed E-state index contributed by atoms with van der Waals surface area (Å²) in [5.41, 5.74) is -1.01. The van der Waals surface area contributed by atoms with Crippen LogP contribution in [0.15, 0.2) is 30.6 Å². The maximum atomic E-state index is 13.2. The number of alkyl halides is 3. The van der Waals surface area contributed by atoms with Crippen LogP contribution in [0.4, 0.5) is 17.6 Å². The van der Waals surface area contributed by atoms with E-state index in [9.17, 15) is 22.7 Å².